The van der Waals surface area contributed by atoms with Crippen molar-refractivity contribution < 1.29 is 8.42 Å². The molecule has 1 aliphatic rings. The Morgan fingerprint density at radius 2 is 2.26 bits per heavy atom. The van der Waals surface area contributed by atoms with E-state index in [-0.39, 0.29) is 15.3 Å². The summed E-state index contributed by atoms with van der Waals surface area (Å²) in [6, 6.07) is 4.67. The van der Waals surface area contributed by atoms with E-state index in [2.05, 4.69) is 9.71 Å². The van der Waals surface area contributed by atoms with E-state index in [4.69, 9.17) is 5.26 Å². The third kappa shape index (κ3) is 3.08. The van der Waals surface area contributed by atoms with Crippen LogP contribution in [0, 0.1) is 11.3 Å². The van der Waals surface area contributed by atoms with Crippen LogP contribution in [0.2, 0.25) is 0 Å². The van der Waals surface area contributed by atoms with Crippen LogP contribution in [0.15, 0.2) is 23.2 Å². The molecule has 2 rings (SSSR count). The van der Waals surface area contributed by atoms with Crippen LogP contribution in [0.1, 0.15) is 25.0 Å². The fourth-order valence-corrected chi connectivity index (χ4v) is 4.02. The number of nitrogens with one attached hydrogen (secondary N) is 1. The van der Waals surface area contributed by atoms with Crippen molar-refractivity contribution in [1.29, 1.82) is 5.26 Å². The fraction of sp³-hybridized carbons (Fsp3) is 0.500. The molecule has 1 aromatic heterocycles. The summed E-state index contributed by atoms with van der Waals surface area (Å²) in [7, 11) is -3.54. The summed E-state index contributed by atoms with van der Waals surface area (Å²) in [5, 5.41) is 8.63. The summed E-state index contributed by atoms with van der Waals surface area (Å²) in [5.74, 6) is 0. The van der Waals surface area contributed by atoms with Crippen molar-refractivity contribution in [1.82, 2.24) is 9.71 Å². The minimum atomic E-state index is -3.54. The van der Waals surface area contributed by atoms with Crippen LogP contribution in [-0.2, 0) is 10.0 Å². The Bertz CT molecular complexity index is 581. The van der Waals surface area contributed by atoms with Gasteiger partial charge in [0.05, 0.1) is 0 Å². The van der Waals surface area contributed by atoms with Gasteiger partial charge in [-0.2, -0.15) is 17.0 Å². The number of sulfonamides is 1. The number of aromatic nitrogens is 1. The van der Waals surface area contributed by atoms with E-state index in [1.807, 2.05) is 12.3 Å². The maximum Gasteiger partial charge on any atom is 0.242 e. The lowest BCUT2D eigenvalue weighted by Gasteiger charge is -2.40. The molecule has 5 nitrogen and oxygen atoms in total. The Morgan fingerprint density at radius 3 is 2.68 bits per heavy atom. The third-order valence-corrected chi connectivity index (χ3v) is 6.25. The SMILES string of the molecule is CSC1(CNS(=O)(=O)c2ccc(C#N)nc2)CCC1. The molecule has 0 amide bonds. The van der Waals surface area contributed by atoms with Crippen molar-refractivity contribution in [2.45, 2.75) is 28.9 Å². The van der Waals surface area contributed by atoms with E-state index in [0.717, 1.165) is 19.3 Å². The van der Waals surface area contributed by atoms with Gasteiger partial charge in [0, 0.05) is 17.5 Å². The summed E-state index contributed by atoms with van der Waals surface area (Å²) in [6.45, 7) is 0.441. The van der Waals surface area contributed by atoms with Crippen LogP contribution >= 0.6 is 11.8 Å². The van der Waals surface area contributed by atoms with Gasteiger partial charge in [0.15, 0.2) is 0 Å². The number of hydrogen-bond acceptors (Lipinski definition) is 5. The van der Waals surface area contributed by atoms with Crippen LogP contribution in [-0.4, -0.2) is 30.9 Å². The molecule has 1 aliphatic carbocycles. The number of nitrogens with zero attached hydrogens (tertiary/aromatic N) is 2. The summed E-state index contributed by atoms with van der Waals surface area (Å²) in [5.41, 5.74) is 0.207. The Labute approximate surface area is 117 Å². The van der Waals surface area contributed by atoms with Gasteiger partial charge in [0.2, 0.25) is 10.0 Å². The monoisotopic (exact) mass is 297 g/mol. The highest BCUT2D eigenvalue weighted by Gasteiger charge is 2.37. The zero-order valence-corrected chi connectivity index (χ0v) is 12.2. The smallest absolute Gasteiger partial charge is 0.242 e. The Balaban J connectivity index is 2.07. The molecule has 19 heavy (non-hydrogen) atoms. The van der Waals surface area contributed by atoms with Gasteiger partial charge in [-0.1, -0.05) is 6.42 Å². The van der Waals surface area contributed by atoms with Gasteiger partial charge < -0.3 is 0 Å². The van der Waals surface area contributed by atoms with Crippen LogP contribution < -0.4 is 4.72 Å². The molecule has 0 atom stereocenters. The number of rotatable bonds is 5. The summed E-state index contributed by atoms with van der Waals surface area (Å²) >= 11 is 1.72. The lowest BCUT2D eigenvalue weighted by atomic mass is 9.84. The molecular formula is C12H15N3O2S2. The molecule has 1 heterocycles. The quantitative estimate of drug-likeness (QED) is 0.891. The van der Waals surface area contributed by atoms with Crippen LogP contribution in [0.3, 0.4) is 0 Å². The van der Waals surface area contributed by atoms with Crippen molar-refractivity contribution in [3.05, 3.63) is 24.0 Å². The van der Waals surface area contributed by atoms with Crippen molar-refractivity contribution in [2.24, 2.45) is 0 Å². The average Bonchev–Trinajstić information content (AvgIpc) is 2.38. The summed E-state index contributed by atoms with van der Waals surface area (Å²) in [4.78, 5) is 3.88. The van der Waals surface area contributed by atoms with Gasteiger partial charge in [-0.25, -0.2) is 18.1 Å². The highest BCUT2D eigenvalue weighted by atomic mass is 32.2. The van der Waals surface area contributed by atoms with E-state index in [1.54, 1.807) is 11.8 Å². The van der Waals surface area contributed by atoms with E-state index in [9.17, 15) is 8.42 Å². The number of pyridine rings is 1. The first-order valence-corrected chi connectivity index (χ1v) is 8.63. The van der Waals surface area contributed by atoms with Crippen molar-refractivity contribution in [3.63, 3.8) is 0 Å². The topological polar surface area (TPSA) is 82.9 Å². The summed E-state index contributed by atoms with van der Waals surface area (Å²) in [6.07, 6.45) is 6.47. The van der Waals surface area contributed by atoms with Gasteiger partial charge in [-0.3, -0.25) is 0 Å². The number of thioether (sulfide) groups is 1. The van der Waals surface area contributed by atoms with Gasteiger partial charge in [0.1, 0.15) is 16.7 Å². The van der Waals surface area contributed by atoms with Crippen molar-refractivity contribution in [3.8, 4) is 6.07 Å². The minimum absolute atomic E-state index is 0.0487. The number of hydrogen-bond donors (Lipinski definition) is 1. The normalized spacial score (nSPS) is 17.5. The molecule has 0 spiro atoms. The van der Waals surface area contributed by atoms with E-state index >= 15 is 0 Å². The molecule has 1 fully saturated rings. The van der Waals surface area contributed by atoms with Crippen LogP contribution in [0.5, 0.6) is 0 Å². The van der Waals surface area contributed by atoms with Gasteiger partial charge in [-0.05, 0) is 31.2 Å². The predicted molar refractivity (Wildman–Crippen MR) is 74.2 cm³/mol. The van der Waals surface area contributed by atoms with Crippen molar-refractivity contribution >= 4 is 21.8 Å². The largest absolute Gasteiger partial charge is 0.244 e. The standard InChI is InChI=1S/C12H15N3O2S2/c1-18-12(5-2-6-12)9-15-19(16,17)11-4-3-10(7-13)14-8-11/h3-4,8,15H,2,5-6,9H2,1H3. The second kappa shape index (κ2) is 5.49. The Morgan fingerprint density at radius 1 is 1.53 bits per heavy atom. The van der Waals surface area contributed by atoms with E-state index < -0.39 is 10.0 Å². The first-order valence-electron chi connectivity index (χ1n) is 5.92. The molecule has 0 radical (unpaired) electrons. The molecule has 0 bridgehead atoms. The molecule has 0 unspecified atom stereocenters. The molecular weight excluding hydrogens is 282 g/mol. The zero-order valence-electron chi connectivity index (χ0n) is 10.6. The maximum atomic E-state index is 12.1. The van der Waals surface area contributed by atoms with Crippen LogP contribution in [0.4, 0.5) is 0 Å². The van der Waals surface area contributed by atoms with Crippen LogP contribution in [0.25, 0.3) is 0 Å². The predicted octanol–water partition coefficient (Wildman–Crippen LogP) is 1.52. The van der Waals surface area contributed by atoms with E-state index in [1.165, 1.54) is 18.3 Å². The minimum Gasteiger partial charge on any atom is -0.244 e. The van der Waals surface area contributed by atoms with Gasteiger partial charge >= 0.3 is 0 Å². The molecule has 1 aromatic rings. The molecule has 0 aliphatic heterocycles. The van der Waals surface area contributed by atoms with Crippen molar-refractivity contribution in [2.75, 3.05) is 12.8 Å². The first kappa shape index (κ1) is 14.3. The highest BCUT2D eigenvalue weighted by Crippen LogP contribution is 2.42. The van der Waals surface area contributed by atoms with E-state index in [0.29, 0.717) is 6.54 Å². The number of nitriles is 1. The molecule has 0 saturated heterocycles. The Hall–Kier alpha value is -1.10. The second-order valence-electron chi connectivity index (χ2n) is 4.56. The second-order valence-corrected chi connectivity index (χ2v) is 7.60. The first-order chi connectivity index (χ1) is 9.01. The molecule has 1 N–H and O–H groups in total. The molecule has 1 saturated carbocycles. The summed E-state index contributed by atoms with van der Waals surface area (Å²) < 4.78 is 26.9. The lowest BCUT2D eigenvalue weighted by Crippen LogP contribution is -2.45. The average molecular weight is 297 g/mol. The van der Waals surface area contributed by atoms with Gasteiger partial charge in [0.25, 0.3) is 0 Å². The molecule has 102 valence electrons. The van der Waals surface area contributed by atoms with Gasteiger partial charge in [-0.15, -0.1) is 0 Å². The fourth-order valence-electron chi connectivity index (χ4n) is 1.94. The third-order valence-electron chi connectivity index (χ3n) is 3.44. The molecule has 7 heteroatoms. The lowest BCUT2D eigenvalue weighted by molar-refractivity contribution is 0.362. The molecule has 0 aromatic carbocycles. The maximum absolute atomic E-state index is 12.1. The zero-order chi connectivity index (χ0) is 13.9. The highest BCUT2D eigenvalue weighted by molar-refractivity contribution is 8.00. The Kier molecular flexibility index (Phi) is 4.13.